The normalized spacial score (nSPS) is 10.4. The third-order valence-corrected chi connectivity index (χ3v) is 5.18. The zero-order chi connectivity index (χ0) is 23.6. The third kappa shape index (κ3) is 6.35. The number of carbonyl (C=O) groups is 2. The molecule has 0 saturated heterocycles. The summed E-state index contributed by atoms with van der Waals surface area (Å²) in [5, 5.41) is 5.85. The molecule has 0 fully saturated rings. The molecule has 6 heteroatoms. The second-order valence-electron chi connectivity index (χ2n) is 7.40. The van der Waals surface area contributed by atoms with Gasteiger partial charge in [0.05, 0.1) is 12.3 Å². The Morgan fingerprint density at radius 3 is 2.06 bits per heavy atom. The maximum Gasteiger partial charge on any atom is 0.262 e. The topological polar surface area (TPSA) is 76.7 Å². The Hall–Kier alpha value is -3.80. The summed E-state index contributed by atoms with van der Waals surface area (Å²) < 4.78 is 11.1. The lowest BCUT2D eigenvalue weighted by Crippen LogP contribution is -2.20. The first-order valence-electron chi connectivity index (χ1n) is 11.2. The molecule has 0 atom stereocenters. The minimum Gasteiger partial charge on any atom is -0.492 e. The van der Waals surface area contributed by atoms with Gasteiger partial charge in [-0.1, -0.05) is 44.2 Å². The average Bonchev–Trinajstić information content (AvgIpc) is 2.84. The van der Waals surface area contributed by atoms with Crippen molar-refractivity contribution in [3.8, 4) is 11.5 Å². The van der Waals surface area contributed by atoms with Gasteiger partial charge in [0, 0.05) is 11.3 Å². The molecule has 0 aliphatic rings. The monoisotopic (exact) mass is 446 g/mol. The predicted octanol–water partition coefficient (Wildman–Crippen LogP) is 5.48. The van der Waals surface area contributed by atoms with Crippen molar-refractivity contribution in [2.75, 3.05) is 23.8 Å². The number of amides is 2. The fourth-order valence-corrected chi connectivity index (χ4v) is 3.48. The van der Waals surface area contributed by atoms with Gasteiger partial charge in [-0.3, -0.25) is 9.59 Å². The van der Waals surface area contributed by atoms with Gasteiger partial charge in [0.15, 0.2) is 6.61 Å². The van der Waals surface area contributed by atoms with Crippen molar-refractivity contribution in [1.29, 1.82) is 0 Å². The number of benzene rings is 3. The summed E-state index contributed by atoms with van der Waals surface area (Å²) in [5.74, 6) is 0.636. The number of carbonyl (C=O) groups excluding carboxylic acids is 2. The number of para-hydroxylation sites is 3. The highest BCUT2D eigenvalue weighted by atomic mass is 16.5. The molecule has 0 aromatic heterocycles. The molecule has 0 unspecified atom stereocenters. The maximum absolute atomic E-state index is 12.8. The average molecular weight is 447 g/mol. The van der Waals surface area contributed by atoms with E-state index in [2.05, 4.69) is 24.5 Å². The zero-order valence-corrected chi connectivity index (χ0v) is 19.3. The fraction of sp³-hybridized carbons (Fsp3) is 0.259. The van der Waals surface area contributed by atoms with E-state index in [0.29, 0.717) is 29.4 Å². The predicted molar refractivity (Wildman–Crippen MR) is 131 cm³/mol. The number of hydrogen-bond acceptors (Lipinski definition) is 4. The number of rotatable bonds is 10. The van der Waals surface area contributed by atoms with Crippen molar-refractivity contribution in [3.05, 3.63) is 83.4 Å². The summed E-state index contributed by atoms with van der Waals surface area (Å²) in [6.45, 7) is 6.38. The first kappa shape index (κ1) is 23.9. The van der Waals surface area contributed by atoms with Crippen LogP contribution in [0.4, 0.5) is 11.4 Å². The van der Waals surface area contributed by atoms with Crippen LogP contribution in [0.1, 0.15) is 42.3 Å². The van der Waals surface area contributed by atoms with E-state index in [9.17, 15) is 9.59 Å². The minimum absolute atomic E-state index is 0.157. The van der Waals surface area contributed by atoms with Gasteiger partial charge >= 0.3 is 0 Å². The maximum atomic E-state index is 12.8. The van der Waals surface area contributed by atoms with Crippen LogP contribution >= 0.6 is 0 Å². The summed E-state index contributed by atoms with van der Waals surface area (Å²) in [4.78, 5) is 25.1. The molecule has 0 heterocycles. The van der Waals surface area contributed by atoms with Crippen LogP contribution in [0.25, 0.3) is 0 Å². The molecule has 0 spiro atoms. The van der Waals surface area contributed by atoms with Crippen LogP contribution in [0.3, 0.4) is 0 Å². The first-order chi connectivity index (χ1) is 16.0. The van der Waals surface area contributed by atoms with Crippen LogP contribution < -0.4 is 20.1 Å². The van der Waals surface area contributed by atoms with E-state index in [-0.39, 0.29) is 18.4 Å². The van der Waals surface area contributed by atoms with E-state index < -0.39 is 0 Å². The molecule has 3 aromatic carbocycles. The van der Waals surface area contributed by atoms with Gasteiger partial charge < -0.3 is 20.1 Å². The molecule has 3 rings (SSSR count). The van der Waals surface area contributed by atoms with Gasteiger partial charge in [0.1, 0.15) is 11.5 Å². The Labute approximate surface area is 194 Å². The third-order valence-electron chi connectivity index (χ3n) is 5.18. The van der Waals surface area contributed by atoms with Crippen LogP contribution in [0.15, 0.2) is 66.7 Å². The first-order valence-corrected chi connectivity index (χ1v) is 11.2. The molecular formula is C27H30N2O4. The van der Waals surface area contributed by atoms with Gasteiger partial charge in [0.25, 0.3) is 11.8 Å². The molecule has 0 radical (unpaired) electrons. The second kappa shape index (κ2) is 11.7. The van der Waals surface area contributed by atoms with E-state index >= 15 is 0 Å². The summed E-state index contributed by atoms with van der Waals surface area (Å²) in [5.41, 5.74) is 4.22. The van der Waals surface area contributed by atoms with Gasteiger partial charge in [-0.2, -0.15) is 0 Å². The van der Waals surface area contributed by atoms with Crippen LogP contribution in [0.2, 0.25) is 0 Å². The summed E-state index contributed by atoms with van der Waals surface area (Å²) in [6, 6.07) is 20.1. The molecule has 0 aliphatic carbocycles. The molecule has 3 aromatic rings. The quantitative estimate of drug-likeness (QED) is 0.432. The lowest BCUT2D eigenvalue weighted by Gasteiger charge is -2.15. The Morgan fingerprint density at radius 2 is 1.42 bits per heavy atom. The van der Waals surface area contributed by atoms with E-state index in [1.807, 2.05) is 37.3 Å². The summed E-state index contributed by atoms with van der Waals surface area (Å²) in [7, 11) is 0. The summed E-state index contributed by atoms with van der Waals surface area (Å²) >= 11 is 0. The van der Waals surface area contributed by atoms with Crippen LogP contribution in [-0.4, -0.2) is 25.0 Å². The van der Waals surface area contributed by atoms with Gasteiger partial charge in [-0.15, -0.1) is 0 Å². The molecule has 0 saturated carbocycles. The minimum atomic E-state index is -0.299. The summed E-state index contributed by atoms with van der Waals surface area (Å²) in [6.07, 6.45) is 1.68. The molecular weight excluding hydrogens is 416 g/mol. The van der Waals surface area contributed by atoms with Crippen LogP contribution in [0.5, 0.6) is 11.5 Å². The Kier molecular flexibility index (Phi) is 8.47. The number of hydrogen-bond donors (Lipinski definition) is 2. The highest BCUT2D eigenvalue weighted by Crippen LogP contribution is 2.25. The lowest BCUT2D eigenvalue weighted by atomic mass is 10.0. The largest absolute Gasteiger partial charge is 0.492 e. The smallest absolute Gasteiger partial charge is 0.262 e. The standard InChI is InChI=1S/C27H30N2O4/c1-4-19-10-9-11-20(5-2)26(19)29-27(31)21-14-16-22(17-15-21)33-18-25(30)28-23-12-7-8-13-24(23)32-6-3/h7-17H,4-6,18H2,1-3H3,(H,28,30)(H,29,31). The molecule has 2 amide bonds. The van der Waals surface area contributed by atoms with Crippen molar-refractivity contribution in [2.24, 2.45) is 0 Å². The fourth-order valence-electron chi connectivity index (χ4n) is 3.48. The number of aryl methyl sites for hydroxylation is 2. The Bertz CT molecular complexity index is 1070. The van der Waals surface area contributed by atoms with Gasteiger partial charge in [-0.25, -0.2) is 0 Å². The second-order valence-corrected chi connectivity index (χ2v) is 7.40. The van der Waals surface area contributed by atoms with Crippen LogP contribution in [-0.2, 0) is 17.6 Å². The SMILES string of the molecule is CCOc1ccccc1NC(=O)COc1ccc(C(=O)Nc2c(CC)cccc2CC)cc1. The molecule has 0 bridgehead atoms. The van der Waals surface area contributed by atoms with Gasteiger partial charge in [-0.05, 0) is 67.3 Å². The Morgan fingerprint density at radius 1 is 0.758 bits per heavy atom. The highest BCUT2D eigenvalue weighted by Gasteiger charge is 2.13. The van der Waals surface area contributed by atoms with E-state index in [1.165, 1.54) is 0 Å². The van der Waals surface area contributed by atoms with E-state index in [1.54, 1.807) is 36.4 Å². The number of nitrogens with one attached hydrogen (secondary N) is 2. The van der Waals surface area contributed by atoms with Crippen molar-refractivity contribution < 1.29 is 19.1 Å². The van der Waals surface area contributed by atoms with Crippen molar-refractivity contribution >= 4 is 23.2 Å². The molecule has 172 valence electrons. The highest BCUT2D eigenvalue weighted by molar-refractivity contribution is 6.05. The van der Waals surface area contributed by atoms with Crippen molar-refractivity contribution in [3.63, 3.8) is 0 Å². The Balaban J connectivity index is 1.59. The number of ether oxygens (including phenoxy) is 2. The van der Waals surface area contributed by atoms with E-state index in [0.717, 1.165) is 29.7 Å². The lowest BCUT2D eigenvalue weighted by molar-refractivity contribution is -0.118. The molecule has 6 nitrogen and oxygen atoms in total. The van der Waals surface area contributed by atoms with Crippen molar-refractivity contribution in [1.82, 2.24) is 0 Å². The van der Waals surface area contributed by atoms with Crippen LogP contribution in [0, 0.1) is 0 Å². The number of anilines is 2. The molecule has 2 N–H and O–H groups in total. The zero-order valence-electron chi connectivity index (χ0n) is 19.3. The molecule has 33 heavy (non-hydrogen) atoms. The van der Waals surface area contributed by atoms with E-state index in [4.69, 9.17) is 9.47 Å². The van der Waals surface area contributed by atoms with Gasteiger partial charge in [0.2, 0.25) is 0 Å². The van der Waals surface area contributed by atoms with Crippen molar-refractivity contribution in [2.45, 2.75) is 33.6 Å². The molecule has 0 aliphatic heterocycles.